The summed E-state index contributed by atoms with van der Waals surface area (Å²) in [7, 11) is 2.76. The second-order valence-electron chi connectivity index (χ2n) is 4.29. The highest BCUT2D eigenvalue weighted by Crippen LogP contribution is 2.30. The molecule has 1 aromatic carbocycles. The molecule has 8 nitrogen and oxygen atoms in total. The number of nitro benzene ring substituents is 1. The van der Waals surface area contributed by atoms with Gasteiger partial charge in [0.15, 0.2) is 5.75 Å². The third kappa shape index (κ3) is 2.25. The molecule has 0 aliphatic carbocycles. The van der Waals surface area contributed by atoms with Crippen LogP contribution < -0.4 is 16.0 Å². The molecule has 0 atom stereocenters. The van der Waals surface area contributed by atoms with Crippen molar-refractivity contribution in [2.75, 3.05) is 6.61 Å². The van der Waals surface area contributed by atoms with Gasteiger partial charge in [-0.3, -0.25) is 24.0 Å². The summed E-state index contributed by atoms with van der Waals surface area (Å²) in [6, 6.07) is 2.36. The van der Waals surface area contributed by atoms with Crippen molar-refractivity contribution in [3.8, 4) is 18.1 Å². The lowest BCUT2D eigenvalue weighted by atomic mass is 10.2. The summed E-state index contributed by atoms with van der Waals surface area (Å²) in [4.78, 5) is 34.3. The fourth-order valence-electron chi connectivity index (χ4n) is 1.98. The molecule has 1 heterocycles. The van der Waals surface area contributed by atoms with E-state index in [2.05, 4.69) is 5.92 Å². The van der Waals surface area contributed by atoms with Gasteiger partial charge in [-0.2, -0.15) is 0 Å². The average Bonchev–Trinajstić information content (AvgIpc) is 2.47. The molecule has 0 radical (unpaired) electrons. The Bertz CT molecular complexity index is 901. The minimum Gasteiger partial charge on any atom is -0.474 e. The monoisotopic (exact) mass is 289 g/mol. The molecular weight excluding hydrogens is 278 g/mol. The number of terminal acetylenes is 1. The van der Waals surface area contributed by atoms with Crippen molar-refractivity contribution >= 4 is 16.6 Å². The van der Waals surface area contributed by atoms with Crippen LogP contribution in [-0.4, -0.2) is 20.7 Å². The van der Waals surface area contributed by atoms with Gasteiger partial charge in [0.05, 0.1) is 15.8 Å². The fraction of sp³-hybridized carbons (Fsp3) is 0.231. The Hall–Kier alpha value is -3.08. The Labute approximate surface area is 118 Å². The Morgan fingerprint density at radius 1 is 1.33 bits per heavy atom. The third-order valence-electron chi connectivity index (χ3n) is 3.06. The van der Waals surface area contributed by atoms with E-state index in [9.17, 15) is 19.7 Å². The highest BCUT2D eigenvalue weighted by Gasteiger charge is 2.20. The van der Waals surface area contributed by atoms with E-state index in [0.717, 1.165) is 10.6 Å². The van der Waals surface area contributed by atoms with Crippen molar-refractivity contribution < 1.29 is 9.66 Å². The Kier molecular flexibility index (Phi) is 3.50. The minimum atomic E-state index is -0.671. The molecular formula is C13H11N3O5. The van der Waals surface area contributed by atoms with Crippen LogP contribution in [0.3, 0.4) is 0 Å². The van der Waals surface area contributed by atoms with Gasteiger partial charge in [-0.25, -0.2) is 4.79 Å². The van der Waals surface area contributed by atoms with Gasteiger partial charge < -0.3 is 4.74 Å². The zero-order chi connectivity index (χ0) is 15.7. The van der Waals surface area contributed by atoms with E-state index in [0.29, 0.717) is 0 Å². The molecule has 0 fully saturated rings. The zero-order valence-electron chi connectivity index (χ0n) is 11.3. The summed E-state index contributed by atoms with van der Waals surface area (Å²) in [6.45, 7) is -0.162. The van der Waals surface area contributed by atoms with Crippen LogP contribution in [0.5, 0.6) is 5.75 Å². The van der Waals surface area contributed by atoms with E-state index in [1.54, 1.807) is 0 Å². The van der Waals surface area contributed by atoms with Crippen molar-refractivity contribution in [2.45, 2.75) is 0 Å². The van der Waals surface area contributed by atoms with Crippen LogP contribution in [0.4, 0.5) is 5.69 Å². The number of hydrogen-bond donors (Lipinski definition) is 0. The fourth-order valence-corrected chi connectivity index (χ4v) is 1.98. The SMILES string of the molecule is C#CCOc1cc2c(cc1[N+](=O)[O-])c(=O)n(C)c(=O)n2C. The molecule has 0 aliphatic heterocycles. The summed E-state index contributed by atoms with van der Waals surface area (Å²) < 4.78 is 7.21. The molecule has 0 unspecified atom stereocenters. The van der Waals surface area contributed by atoms with Crippen molar-refractivity contribution in [3.05, 3.63) is 43.1 Å². The van der Waals surface area contributed by atoms with E-state index in [4.69, 9.17) is 11.2 Å². The number of fused-ring (bicyclic) bond motifs is 1. The molecule has 2 rings (SSSR count). The lowest BCUT2D eigenvalue weighted by molar-refractivity contribution is -0.385. The van der Waals surface area contributed by atoms with E-state index in [1.165, 1.54) is 24.7 Å². The van der Waals surface area contributed by atoms with E-state index in [-0.39, 0.29) is 28.9 Å². The van der Waals surface area contributed by atoms with Gasteiger partial charge in [-0.15, -0.1) is 6.42 Å². The minimum absolute atomic E-state index is 0.0550. The Morgan fingerprint density at radius 2 is 2.00 bits per heavy atom. The smallest absolute Gasteiger partial charge is 0.330 e. The molecule has 108 valence electrons. The number of ether oxygens (including phenoxy) is 1. The number of nitrogens with zero attached hydrogens (tertiary/aromatic N) is 3. The first kappa shape index (κ1) is 14.3. The highest BCUT2D eigenvalue weighted by molar-refractivity contribution is 5.83. The van der Waals surface area contributed by atoms with Gasteiger partial charge in [0.2, 0.25) is 0 Å². The van der Waals surface area contributed by atoms with Crippen LogP contribution in [0.1, 0.15) is 0 Å². The molecule has 0 spiro atoms. The molecule has 21 heavy (non-hydrogen) atoms. The van der Waals surface area contributed by atoms with Gasteiger partial charge in [0, 0.05) is 26.2 Å². The van der Waals surface area contributed by atoms with E-state index in [1.807, 2.05) is 0 Å². The summed E-state index contributed by atoms with van der Waals surface area (Å²) in [6.07, 6.45) is 5.06. The topological polar surface area (TPSA) is 96.4 Å². The summed E-state index contributed by atoms with van der Waals surface area (Å²) in [5.74, 6) is 2.11. The summed E-state index contributed by atoms with van der Waals surface area (Å²) in [5, 5.41) is 11.1. The predicted molar refractivity (Wildman–Crippen MR) is 75.4 cm³/mol. The molecule has 0 saturated heterocycles. The van der Waals surface area contributed by atoms with Crippen molar-refractivity contribution in [1.29, 1.82) is 0 Å². The molecule has 0 amide bonds. The number of nitro groups is 1. The predicted octanol–water partition coefficient (Wildman–Crippen LogP) is 0.157. The number of hydrogen-bond acceptors (Lipinski definition) is 5. The van der Waals surface area contributed by atoms with Gasteiger partial charge in [0.1, 0.15) is 6.61 Å². The maximum absolute atomic E-state index is 12.1. The Morgan fingerprint density at radius 3 is 2.57 bits per heavy atom. The van der Waals surface area contributed by atoms with Crippen molar-refractivity contribution in [2.24, 2.45) is 14.1 Å². The molecule has 2 aromatic rings. The molecule has 8 heteroatoms. The number of aryl methyl sites for hydroxylation is 1. The van der Waals surface area contributed by atoms with Gasteiger partial charge in [-0.1, -0.05) is 5.92 Å². The van der Waals surface area contributed by atoms with Gasteiger partial charge >= 0.3 is 11.4 Å². The molecule has 0 aliphatic rings. The van der Waals surface area contributed by atoms with Crippen molar-refractivity contribution in [1.82, 2.24) is 9.13 Å². The quantitative estimate of drug-likeness (QED) is 0.455. The second-order valence-corrected chi connectivity index (χ2v) is 4.29. The van der Waals surface area contributed by atoms with Crippen LogP contribution in [-0.2, 0) is 14.1 Å². The molecule has 0 N–H and O–H groups in total. The molecule has 1 aromatic heterocycles. The highest BCUT2D eigenvalue weighted by atomic mass is 16.6. The third-order valence-corrected chi connectivity index (χ3v) is 3.06. The first-order valence-electron chi connectivity index (χ1n) is 5.83. The second kappa shape index (κ2) is 5.13. The standard InChI is InChI=1S/C13H11N3O5/c1-4-5-21-11-7-9-8(6-10(11)16(19)20)12(17)15(3)13(18)14(9)2/h1,6-7H,5H2,2-3H3. The average molecular weight is 289 g/mol. The van der Waals surface area contributed by atoms with Crippen LogP contribution in [0.2, 0.25) is 0 Å². The maximum Gasteiger partial charge on any atom is 0.330 e. The van der Waals surface area contributed by atoms with E-state index >= 15 is 0 Å². The first-order valence-corrected chi connectivity index (χ1v) is 5.83. The summed E-state index contributed by atoms with van der Waals surface area (Å²) >= 11 is 0. The number of aromatic nitrogens is 2. The van der Waals surface area contributed by atoms with Crippen LogP contribution in [0, 0.1) is 22.5 Å². The normalized spacial score (nSPS) is 10.3. The molecule has 0 saturated carbocycles. The number of benzene rings is 1. The van der Waals surface area contributed by atoms with Crippen LogP contribution in [0.15, 0.2) is 21.7 Å². The maximum atomic E-state index is 12.1. The lowest BCUT2D eigenvalue weighted by Crippen LogP contribution is -2.36. The lowest BCUT2D eigenvalue weighted by Gasteiger charge is -2.10. The van der Waals surface area contributed by atoms with Gasteiger partial charge in [0.25, 0.3) is 5.56 Å². The largest absolute Gasteiger partial charge is 0.474 e. The number of rotatable bonds is 3. The van der Waals surface area contributed by atoms with Gasteiger partial charge in [-0.05, 0) is 0 Å². The van der Waals surface area contributed by atoms with E-state index < -0.39 is 16.2 Å². The van der Waals surface area contributed by atoms with Crippen LogP contribution in [0.25, 0.3) is 10.9 Å². The summed E-state index contributed by atoms with van der Waals surface area (Å²) in [5.41, 5.74) is -1.29. The zero-order valence-corrected chi connectivity index (χ0v) is 11.3. The Balaban J connectivity index is 2.92. The molecule has 0 bridgehead atoms. The first-order chi connectivity index (χ1) is 9.88. The van der Waals surface area contributed by atoms with Crippen LogP contribution >= 0.6 is 0 Å². The van der Waals surface area contributed by atoms with Crippen molar-refractivity contribution in [3.63, 3.8) is 0 Å².